The van der Waals surface area contributed by atoms with E-state index in [2.05, 4.69) is 27.4 Å². The summed E-state index contributed by atoms with van der Waals surface area (Å²) in [6, 6.07) is 0.309. The average Bonchev–Trinajstić information content (AvgIpc) is 2.98. The zero-order valence-corrected chi connectivity index (χ0v) is 15.1. The van der Waals surface area contributed by atoms with Gasteiger partial charge in [0.1, 0.15) is 0 Å². The van der Waals surface area contributed by atoms with Gasteiger partial charge in [0, 0.05) is 44.8 Å². The number of aliphatic imine (C=N–C) groups is 1. The average molecular weight is 365 g/mol. The summed E-state index contributed by atoms with van der Waals surface area (Å²) in [5, 5.41) is 6.46. The van der Waals surface area contributed by atoms with Gasteiger partial charge >= 0.3 is 6.18 Å². The van der Waals surface area contributed by atoms with E-state index in [1.165, 1.54) is 4.90 Å². The van der Waals surface area contributed by atoms with Gasteiger partial charge in [-0.05, 0) is 20.3 Å². The molecule has 2 aliphatic rings. The van der Waals surface area contributed by atoms with Gasteiger partial charge < -0.3 is 15.4 Å². The predicted octanol–water partition coefficient (Wildman–Crippen LogP) is 0.899. The Bertz CT molecular complexity index is 426. The number of likely N-dealkylation sites (tertiary alicyclic amines) is 1. The molecule has 2 saturated heterocycles. The third-order valence-corrected chi connectivity index (χ3v) is 4.54. The monoisotopic (exact) mass is 365 g/mol. The molecule has 9 heteroatoms. The van der Waals surface area contributed by atoms with Crippen LogP contribution in [0.2, 0.25) is 0 Å². The molecule has 0 amide bonds. The van der Waals surface area contributed by atoms with E-state index in [-0.39, 0.29) is 6.04 Å². The van der Waals surface area contributed by atoms with Gasteiger partial charge in [0.05, 0.1) is 26.3 Å². The minimum Gasteiger partial charge on any atom is -0.379 e. The van der Waals surface area contributed by atoms with E-state index in [0.717, 1.165) is 32.8 Å². The SMILES string of the molecule is CCNC(=NCC(C)N1CCOCC1)NC1CCN(CC(F)(F)F)C1. The fourth-order valence-electron chi connectivity index (χ4n) is 3.22. The van der Waals surface area contributed by atoms with E-state index in [1.54, 1.807) is 0 Å². The van der Waals surface area contributed by atoms with Crippen molar-refractivity contribution >= 4 is 5.96 Å². The number of ether oxygens (including phenoxy) is 1. The number of nitrogens with zero attached hydrogens (tertiary/aromatic N) is 3. The normalized spacial score (nSPS) is 25.2. The van der Waals surface area contributed by atoms with Crippen LogP contribution in [-0.4, -0.2) is 93.0 Å². The van der Waals surface area contributed by atoms with Crippen molar-refractivity contribution in [3.63, 3.8) is 0 Å². The van der Waals surface area contributed by atoms with Gasteiger partial charge in [-0.15, -0.1) is 0 Å². The highest BCUT2D eigenvalue weighted by molar-refractivity contribution is 5.80. The highest BCUT2D eigenvalue weighted by atomic mass is 19.4. The molecular formula is C16H30F3N5O. The minimum absolute atomic E-state index is 0.00107. The molecule has 2 atom stereocenters. The first kappa shape index (κ1) is 20.3. The first-order valence-electron chi connectivity index (χ1n) is 9.03. The molecule has 0 radical (unpaired) electrons. The molecule has 2 aliphatic heterocycles. The maximum atomic E-state index is 12.5. The molecule has 2 N–H and O–H groups in total. The van der Waals surface area contributed by atoms with Crippen LogP contribution in [0.25, 0.3) is 0 Å². The third kappa shape index (κ3) is 7.37. The van der Waals surface area contributed by atoms with Gasteiger partial charge in [-0.25, -0.2) is 0 Å². The summed E-state index contributed by atoms with van der Waals surface area (Å²) in [6.07, 6.45) is -3.44. The zero-order chi connectivity index (χ0) is 18.3. The molecule has 0 aliphatic carbocycles. The lowest BCUT2D eigenvalue weighted by Gasteiger charge is -2.31. The lowest BCUT2D eigenvalue weighted by Crippen LogP contribution is -2.47. The zero-order valence-electron chi connectivity index (χ0n) is 15.1. The van der Waals surface area contributed by atoms with Crippen LogP contribution in [0.5, 0.6) is 0 Å². The molecule has 0 spiro atoms. The molecule has 6 nitrogen and oxygen atoms in total. The van der Waals surface area contributed by atoms with Gasteiger partial charge in [0.15, 0.2) is 5.96 Å². The maximum absolute atomic E-state index is 12.5. The molecule has 2 rings (SSSR count). The van der Waals surface area contributed by atoms with Crippen molar-refractivity contribution in [3.8, 4) is 0 Å². The molecule has 2 unspecified atom stereocenters. The van der Waals surface area contributed by atoms with Crippen molar-refractivity contribution < 1.29 is 17.9 Å². The van der Waals surface area contributed by atoms with Gasteiger partial charge in [-0.3, -0.25) is 14.8 Å². The third-order valence-electron chi connectivity index (χ3n) is 4.54. The fraction of sp³-hybridized carbons (Fsp3) is 0.938. The second-order valence-electron chi connectivity index (χ2n) is 6.70. The smallest absolute Gasteiger partial charge is 0.379 e. The van der Waals surface area contributed by atoms with E-state index in [0.29, 0.717) is 38.1 Å². The summed E-state index contributed by atoms with van der Waals surface area (Å²) in [4.78, 5) is 8.41. The van der Waals surface area contributed by atoms with Crippen molar-refractivity contribution in [2.75, 3.05) is 59.0 Å². The number of hydrogen-bond acceptors (Lipinski definition) is 4. The van der Waals surface area contributed by atoms with Crippen molar-refractivity contribution in [1.82, 2.24) is 20.4 Å². The maximum Gasteiger partial charge on any atom is 0.401 e. The Labute approximate surface area is 147 Å². The first-order chi connectivity index (χ1) is 11.9. The Balaban J connectivity index is 1.81. The summed E-state index contributed by atoms with van der Waals surface area (Å²) >= 11 is 0. The minimum atomic E-state index is -4.14. The summed E-state index contributed by atoms with van der Waals surface area (Å²) in [6.45, 7) is 8.83. The van der Waals surface area contributed by atoms with Crippen LogP contribution in [0.1, 0.15) is 20.3 Å². The molecule has 0 aromatic carbocycles. The predicted molar refractivity (Wildman–Crippen MR) is 91.9 cm³/mol. The van der Waals surface area contributed by atoms with Crippen molar-refractivity contribution in [3.05, 3.63) is 0 Å². The molecule has 0 saturated carbocycles. The second-order valence-corrected chi connectivity index (χ2v) is 6.70. The van der Waals surface area contributed by atoms with E-state index >= 15 is 0 Å². The van der Waals surface area contributed by atoms with Gasteiger partial charge in [-0.2, -0.15) is 13.2 Å². The molecule has 0 bridgehead atoms. The molecule has 0 aromatic rings. The van der Waals surface area contributed by atoms with Crippen molar-refractivity contribution in [1.29, 1.82) is 0 Å². The van der Waals surface area contributed by atoms with E-state index in [1.807, 2.05) is 6.92 Å². The van der Waals surface area contributed by atoms with E-state index in [4.69, 9.17) is 4.74 Å². The summed E-state index contributed by atoms with van der Waals surface area (Å²) in [7, 11) is 0. The Morgan fingerprint density at radius 1 is 1.28 bits per heavy atom. The molecule has 2 fully saturated rings. The van der Waals surface area contributed by atoms with Gasteiger partial charge in [0.25, 0.3) is 0 Å². The number of alkyl halides is 3. The Hall–Kier alpha value is -1.06. The number of halogens is 3. The largest absolute Gasteiger partial charge is 0.401 e. The van der Waals surface area contributed by atoms with Crippen molar-refractivity contribution in [2.45, 2.75) is 38.5 Å². The van der Waals surface area contributed by atoms with Crippen LogP contribution in [0.3, 0.4) is 0 Å². The summed E-state index contributed by atoms with van der Waals surface area (Å²) in [5.41, 5.74) is 0. The van der Waals surface area contributed by atoms with Crippen LogP contribution in [0, 0.1) is 0 Å². The van der Waals surface area contributed by atoms with Crippen LogP contribution in [-0.2, 0) is 4.74 Å². The standard InChI is InChI=1S/C16H30F3N5O/c1-3-20-15(21-10-13(2)24-6-8-25-9-7-24)22-14-4-5-23(11-14)12-16(17,18)19/h13-14H,3-12H2,1-2H3,(H2,20,21,22). The Morgan fingerprint density at radius 3 is 2.64 bits per heavy atom. The number of guanidine groups is 1. The summed E-state index contributed by atoms with van der Waals surface area (Å²) in [5.74, 6) is 0.682. The Morgan fingerprint density at radius 2 is 2.00 bits per heavy atom. The van der Waals surface area contributed by atoms with Gasteiger partial charge in [-0.1, -0.05) is 0 Å². The van der Waals surface area contributed by atoms with Crippen molar-refractivity contribution in [2.24, 2.45) is 4.99 Å². The van der Waals surface area contributed by atoms with Crippen LogP contribution in [0.15, 0.2) is 4.99 Å². The first-order valence-corrected chi connectivity index (χ1v) is 9.03. The van der Waals surface area contributed by atoms with Crippen LogP contribution < -0.4 is 10.6 Å². The number of rotatable bonds is 6. The number of morpholine rings is 1. The Kier molecular flexibility index (Phi) is 7.77. The lowest BCUT2D eigenvalue weighted by atomic mass is 10.2. The van der Waals surface area contributed by atoms with E-state index in [9.17, 15) is 13.2 Å². The molecular weight excluding hydrogens is 335 g/mol. The number of hydrogen-bond donors (Lipinski definition) is 2. The topological polar surface area (TPSA) is 52.1 Å². The molecule has 25 heavy (non-hydrogen) atoms. The lowest BCUT2D eigenvalue weighted by molar-refractivity contribution is -0.143. The van der Waals surface area contributed by atoms with Crippen LogP contribution in [0.4, 0.5) is 13.2 Å². The quantitative estimate of drug-likeness (QED) is 0.541. The fourth-order valence-corrected chi connectivity index (χ4v) is 3.22. The second kappa shape index (κ2) is 9.59. The summed E-state index contributed by atoms with van der Waals surface area (Å²) < 4.78 is 42.8. The highest BCUT2D eigenvalue weighted by Gasteiger charge is 2.34. The van der Waals surface area contributed by atoms with Crippen LogP contribution >= 0.6 is 0 Å². The molecule has 2 heterocycles. The molecule has 146 valence electrons. The highest BCUT2D eigenvalue weighted by Crippen LogP contribution is 2.19. The molecule has 0 aromatic heterocycles. The van der Waals surface area contributed by atoms with Gasteiger partial charge in [0.2, 0.25) is 0 Å². The van der Waals surface area contributed by atoms with E-state index < -0.39 is 12.7 Å². The number of nitrogens with one attached hydrogen (secondary N) is 2.